The monoisotopic (exact) mass is 501 g/mol. The second-order valence-corrected chi connectivity index (χ2v) is 9.39. The highest BCUT2D eigenvalue weighted by Crippen LogP contribution is 2.32. The molecule has 2 aromatic carbocycles. The summed E-state index contributed by atoms with van der Waals surface area (Å²) in [6.45, 7) is 7.02. The number of pyridine rings is 1. The second kappa shape index (κ2) is 10.8. The maximum Gasteiger partial charge on any atom is 0.321 e. The van der Waals surface area contributed by atoms with E-state index in [1.807, 2.05) is 42.5 Å². The number of hydrogen-bond acceptors (Lipinski definition) is 6. The number of nitrogens with one attached hydrogen (secondary N) is 2. The first-order valence-electron chi connectivity index (χ1n) is 12.5. The molecule has 0 aliphatic carbocycles. The number of piperazine rings is 1. The van der Waals surface area contributed by atoms with E-state index in [2.05, 4.69) is 34.4 Å². The van der Waals surface area contributed by atoms with Gasteiger partial charge in [-0.15, -0.1) is 0 Å². The van der Waals surface area contributed by atoms with Crippen molar-refractivity contribution >= 4 is 23.4 Å². The molecule has 0 bridgehead atoms. The normalized spacial score (nSPS) is 14.6. The zero-order valence-corrected chi connectivity index (χ0v) is 21.1. The molecule has 0 unspecified atom stereocenters. The van der Waals surface area contributed by atoms with Crippen molar-refractivity contribution < 1.29 is 19.1 Å². The lowest BCUT2D eigenvalue weighted by Gasteiger charge is -2.36. The van der Waals surface area contributed by atoms with Gasteiger partial charge < -0.3 is 29.9 Å². The van der Waals surface area contributed by atoms with E-state index < -0.39 is 0 Å². The molecule has 0 spiro atoms. The Morgan fingerprint density at radius 1 is 0.973 bits per heavy atom. The Balaban J connectivity index is 1.19. The van der Waals surface area contributed by atoms with E-state index in [4.69, 9.17) is 9.47 Å². The zero-order chi connectivity index (χ0) is 25.8. The summed E-state index contributed by atoms with van der Waals surface area (Å²) in [6, 6.07) is 16.9. The van der Waals surface area contributed by atoms with Gasteiger partial charge in [0, 0.05) is 44.6 Å². The van der Waals surface area contributed by atoms with Crippen LogP contribution in [0.25, 0.3) is 0 Å². The summed E-state index contributed by atoms with van der Waals surface area (Å²) in [7, 11) is 0. The predicted molar refractivity (Wildman–Crippen MR) is 141 cm³/mol. The quantitative estimate of drug-likeness (QED) is 0.525. The average Bonchev–Trinajstić information content (AvgIpc) is 3.40. The van der Waals surface area contributed by atoms with Crippen LogP contribution in [0.2, 0.25) is 0 Å². The summed E-state index contributed by atoms with van der Waals surface area (Å²) in [6.07, 6.45) is 1.69. The molecule has 3 heterocycles. The molecule has 5 rings (SSSR count). The van der Waals surface area contributed by atoms with E-state index in [1.54, 1.807) is 23.2 Å². The molecule has 1 saturated heterocycles. The molecule has 37 heavy (non-hydrogen) atoms. The Kier molecular flexibility index (Phi) is 7.11. The number of ether oxygens (including phenoxy) is 2. The molecular weight excluding hydrogens is 470 g/mol. The number of aromatic nitrogens is 1. The molecule has 3 amide bonds. The van der Waals surface area contributed by atoms with Crippen LogP contribution in [-0.4, -0.2) is 54.8 Å². The van der Waals surface area contributed by atoms with Gasteiger partial charge >= 0.3 is 6.03 Å². The van der Waals surface area contributed by atoms with Crippen molar-refractivity contribution in [2.24, 2.45) is 0 Å². The van der Waals surface area contributed by atoms with Crippen LogP contribution < -0.4 is 25.0 Å². The maximum absolute atomic E-state index is 13.1. The molecule has 2 aliphatic heterocycles. The van der Waals surface area contributed by atoms with Crippen molar-refractivity contribution in [3.63, 3.8) is 0 Å². The van der Waals surface area contributed by atoms with Crippen LogP contribution in [0.4, 0.5) is 16.3 Å². The van der Waals surface area contributed by atoms with Crippen molar-refractivity contribution in [2.45, 2.75) is 26.3 Å². The van der Waals surface area contributed by atoms with Crippen LogP contribution in [0.15, 0.2) is 60.8 Å². The van der Waals surface area contributed by atoms with Crippen molar-refractivity contribution in [1.29, 1.82) is 0 Å². The Labute approximate surface area is 216 Å². The lowest BCUT2D eigenvalue weighted by molar-refractivity contribution is 0.0950. The number of rotatable bonds is 6. The number of hydrogen-bond donors (Lipinski definition) is 2. The van der Waals surface area contributed by atoms with Crippen LogP contribution in [0, 0.1) is 0 Å². The number of amides is 3. The third-order valence-corrected chi connectivity index (χ3v) is 6.61. The molecule has 0 atom stereocenters. The third kappa shape index (κ3) is 5.45. The molecule has 0 saturated carbocycles. The van der Waals surface area contributed by atoms with Crippen molar-refractivity contribution in [1.82, 2.24) is 15.2 Å². The van der Waals surface area contributed by atoms with Crippen LogP contribution in [-0.2, 0) is 6.54 Å². The Bertz CT molecular complexity index is 1290. The van der Waals surface area contributed by atoms with Gasteiger partial charge in [0.25, 0.3) is 5.91 Å². The minimum Gasteiger partial charge on any atom is -0.454 e. The highest BCUT2D eigenvalue weighted by molar-refractivity contribution is 5.99. The molecule has 192 valence electrons. The molecular formula is C28H31N5O4. The highest BCUT2D eigenvalue weighted by atomic mass is 16.7. The number of carbonyl (C=O) groups excluding carboxylic acids is 2. The van der Waals surface area contributed by atoms with Crippen LogP contribution in [0.5, 0.6) is 11.5 Å². The molecule has 0 radical (unpaired) electrons. The molecule has 9 nitrogen and oxygen atoms in total. The second-order valence-electron chi connectivity index (χ2n) is 9.39. The van der Waals surface area contributed by atoms with Gasteiger partial charge in [-0.1, -0.05) is 38.1 Å². The fourth-order valence-corrected chi connectivity index (χ4v) is 4.58. The number of para-hydroxylation sites is 1. The fraction of sp³-hybridized carbons (Fsp3) is 0.321. The molecule has 2 N–H and O–H groups in total. The van der Waals surface area contributed by atoms with Gasteiger partial charge in [0.2, 0.25) is 6.79 Å². The first-order chi connectivity index (χ1) is 18.0. The van der Waals surface area contributed by atoms with E-state index in [0.717, 1.165) is 16.8 Å². The summed E-state index contributed by atoms with van der Waals surface area (Å²) >= 11 is 0. The average molecular weight is 502 g/mol. The summed E-state index contributed by atoms with van der Waals surface area (Å²) < 4.78 is 10.8. The summed E-state index contributed by atoms with van der Waals surface area (Å²) in [5.74, 6) is 2.12. The summed E-state index contributed by atoms with van der Waals surface area (Å²) in [5.41, 5.74) is 3.38. The number of nitrogens with zero attached hydrogens (tertiary/aromatic N) is 3. The SMILES string of the molecule is CC(C)c1ccccc1NC(=O)N1CCN(c2ncccc2C(=O)NCc2ccc3c(c2)OCO3)CC1. The summed E-state index contributed by atoms with van der Waals surface area (Å²) in [5, 5.41) is 6.04. The van der Waals surface area contributed by atoms with E-state index in [0.29, 0.717) is 61.5 Å². The number of carbonyl (C=O) groups is 2. The van der Waals surface area contributed by atoms with Gasteiger partial charge in [-0.25, -0.2) is 9.78 Å². The molecule has 1 aromatic heterocycles. The lowest BCUT2D eigenvalue weighted by Crippen LogP contribution is -2.50. The van der Waals surface area contributed by atoms with Crippen molar-refractivity contribution in [3.05, 3.63) is 77.5 Å². The van der Waals surface area contributed by atoms with Gasteiger partial charge in [-0.2, -0.15) is 0 Å². The van der Waals surface area contributed by atoms with E-state index in [1.165, 1.54) is 0 Å². The Morgan fingerprint density at radius 2 is 1.76 bits per heavy atom. The van der Waals surface area contributed by atoms with Gasteiger partial charge in [0.05, 0.1) is 5.56 Å². The minimum absolute atomic E-state index is 0.115. The van der Waals surface area contributed by atoms with E-state index in [-0.39, 0.29) is 18.7 Å². The largest absolute Gasteiger partial charge is 0.454 e. The number of urea groups is 1. The fourth-order valence-electron chi connectivity index (χ4n) is 4.58. The maximum atomic E-state index is 13.1. The lowest BCUT2D eigenvalue weighted by atomic mass is 10.0. The number of benzene rings is 2. The standard InChI is InChI=1S/C28H31N5O4/c1-19(2)21-6-3-4-8-23(21)31-28(35)33-14-12-32(13-15-33)26-22(7-5-11-29-26)27(34)30-17-20-9-10-24-25(16-20)37-18-36-24/h3-11,16,19H,12-15,17-18H2,1-2H3,(H,30,34)(H,31,35). The van der Waals surface area contributed by atoms with Crippen molar-refractivity contribution in [2.75, 3.05) is 43.2 Å². The summed E-state index contributed by atoms with van der Waals surface area (Å²) in [4.78, 5) is 34.4. The van der Waals surface area contributed by atoms with Gasteiger partial charge in [0.15, 0.2) is 11.5 Å². The molecule has 3 aromatic rings. The zero-order valence-electron chi connectivity index (χ0n) is 21.1. The van der Waals surface area contributed by atoms with Gasteiger partial charge in [-0.05, 0) is 47.4 Å². The minimum atomic E-state index is -0.203. The molecule has 9 heteroatoms. The number of fused-ring (bicyclic) bond motifs is 1. The van der Waals surface area contributed by atoms with Crippen LogP contribution in [0.3, 0.4) is 0 Å². The van der Waals surface area contributed by atoms with Crippen LogP contribution in [0.1, 0.15) is 41.3 Å². The first kappa shape index (κ1) is 24.4. The van der Waals surface area contributed by atoms with Gasteiger partial charge in [-0.3, -0.25) is 4.79 Å². The molecule has 2 aliphatic rings. The van der Waals surface area contributed by atoms with Gasteiger partial charge in [0.1, 0.15) is 5.82 Å². The Hall–Kier alpha value is -4.27. The topological polar surface area (TPSA) is 96.0 Å². The Morgan fingerprint density at radius 3 is 2.57 bits per heavy atom. The van der Waals surface area contributed by atoms with Crippen molar-refractivity contribution in [3.8, 4) is 11.5 Å². The van der Waals surface area contributed by atoms with E-state index in [9.17, 15) is 9.59 Å². The molecule has 1 fully saturated rings. The third-order valence-electron chi connectivity index (χ3n) is 6.61. The van der Waals surface area contributed by atoms with E-state index >= 15 is 0 Å². The van der Waals surface area contributed by atoms with Crippen LogP contribution >= 0.6 is 0 Å². The first-order valence-corrected chi connectivity index (χ1v) is 12.5. The number of anilines is 2. The predicted octanol–water partition coefficient (Wildman–Crippen LogP) is 4.22. The highest BCUT2D eigenvalue weighted by Gasteiger charge is 2.25. The smallest absolute Gasteiger partial charge is 0.321 e.